The Labute approximate surface area is 97.2 Å². The maximum absolute atomic E-state index is 5.96. The summed E-state index contributed by atoms with van der Waals surface area (Å²) in [4.78, 5) is 0. The zero-order valence-electron chi connectivity index (χ0n) is 8.56. The summed E-state index contributed by atoms with van der Waals surface area (Å²) in [6.45, 7) is 0.773. The molecule has 0 bridgehead atoms. The number of rotatable bonds is 1. The van der Waals surface area contributed by atoms with Gasteiger partial charge in [0.1, 0.15) is 6.10 Å². The highest BCUT2D eigenvalue weighted by molar-refractivity contribution is 6.30. The van der Waals surface area contributed by atoms with E-state index in [1.54, 1.807) is 12.3 Å². The molecule has 2 N–H and O–H groups in total. The minimum atomic E-state index is 0.00728. The molecule has 16 heavy (non-hydrogen) atoms. The molecule has 0 aliphatic carbocycles. The van der Waals surface area contributed by atoms with E-state index in [1.165, 1.54) is 0 Å². The number of nitrogens with zero attached hydrogens (tertiary/aromatic N) is 3. The zero-order valence-corrected chi connectivity index (χ0v) is 9.31. The Balaban J connectivity index is 2.18. The number of nitrogens with two attached hydrogens (primary N) is 1. The molecule has 1 fully saturated rings. The zero-order chi connectivity index (χ0) is 11.1. The molecular weight excluding hydrogens is 228 g/mol. The SMILES string of the molecule is Nc1cc(Cl)cn2c(C3CCCO3)nnc12. The van der Waals surface area contributed by atoms with Gasteiger partial charge in [-0.15, -0.1) is 10.2 Å². The lowest BCUT2D eigenvalue weighted by molar-refractivity contribution is 0.104. The molecule has 0 amide bonds. The summed E-state index contributed by atoms with van der Waals surface area (Å²) in [7, 11) is 0. The molecule has 0 aromatic carbocycles. The highest BCUT2D eigenvalue weighted by Gasteiger charge is 2.23. The Hall–Kier alpha value is -1.33. The molecule has 5 nitrogen and oxygen atoms in total. The third kappa shape index (κ3) is 1.44. The van der Waals surface area contributed by atoms with Crippen LogP contribution in [0.3, 0.4) is 0 Å². The van der Waals surface area contributed by atoms with E-state index in [0.717, 1.165) is 25.3 Å². The van der Waals surface area contributed by atoms with Crippen molar-refractivity contribution in [2.75, 3.05) is 12.3 Å². The van der Waals surface area contributed by atoms with Crippen LogP contribution < -0.4 is 5.73 Å². The van der Waals surface area contributed by atoms with E-state index in [-0.39, 0.29) is 6.10 Å². The van der Waals surface area contributed by atoms with Gasteiger partial charge in [0.15, 0.2) is 11.5 Å². The predicted molar refractivity (Wildman–Crippen MR) is 60.3 cm³/mol. The molecule has 2 aromatic heterocycles. The van der Waals surface area contributed by atoms with Crippen molar-refractivity contribution in [1.82, 2.24) is 14.6 Å². The van der Waals surface area contributed by atoms with Crippen LogP contribution in [0, 0.1) is 0 Å². The minimum Gasteiger partial charge on any atom is -0.396 e. The number of anilines is 1. The Morgan fingerprint density at radius 3 is 3.12 bits per heavy atom. The van der Waals surface area contributed by atoms with Crippen molar-refractivity contribution in [2.24, 2.45) is 0 Å². The monoisotopic (exact) mass is 238 g/mol. The highest BCUT2D eigenvalue weighted by Crippen LogP contribution is 2.29. The molecule has 6 heteroatoms. The van der Waals surface area contributed by atoms with E-state index in [4.69, 9.17) is 22.1 Å². The van der Waals surface area contributed by atoms with Gasteiger partial charge >= 0.3 is 0 Å². The van der Waals surface area contributed by atoms with E-state index >= 15 is 0 Å². The van der Waals surface area contributed by atoms with Crippen molar-refractivity contribution in [1.29, 1.82) is 0 Å². The van der Waals surface area contributed by atoms with Gasteiger partial charge in [-0.3, -0.25) is 4.40 Å². The lowest BCUT2D eigenvalue weighted by Crippen LogP contribution is -2.03. The average Bonchev–Trinajstić information content (AvgIpc) is 2.83. The normalized spacial score (nSPS) is 20.7. The van der Waals surface area contributed by atoms with E-state index < -0.39 is 0 Å². The van der Waals surface area contributed by atoms with Gasteiger partial charge in [-0.05, 0) is 18.9 Å². The fraction of sp³-hybridized carbons (Fsp3) is 0.400. The third-order valence-electron chi connectivity index (χ3n) is 2.74. The van der Waals surface area contributed by atoms with Crippen molar-refractivity contribution in [3.8, 4) is 0 Å². The number of ether oxygens (including phenoxy) is 1. The molecule has 1 atom stereocenters. The van der Waals surface area contributed by atoms with E-state index in [0.29, 0.717) is 16.4 Å². The first kappa shape index (κ1) is 9.86. The van der Waals surface area contributed by atoms with Gasteiger partial charge in [0.2, 0.25) is 0 Å². The van der Waals surface area contributed by atoms with Crippen LogP contribution in [0.5, 0.6) is 0 Å². The molecule has 0 radical (unpaired) electrons. The van der Waals surface area contributed by atoms with Crippen LogP contribution in [-0.4, -0.2) is 21.2 Å². The van der Waals surface area contributed by atoms with Crippen LogP contribution >= 0.6 is 11.6 Å². The minimum absolute atomic E-state index is 0.00728. The molecule has 1 aliphatic heterocycles. The van der Waals surface area contributed by atoms with E-state index in [2.05, 4.69) is 10.2 Å². The standard InChI is InChI=1S/C10H11ClN4O/c11-6-4-7(12)9-13-14-10(15(9)5-6)8-2-1-3-16-8/h4-5,8H,1-3,12H2. The second-order valence-electron chi connectivity index (χ2n) is 3.87. The molecule has 1 saturated heterocycles. The van der Waals surface area contributed by atoms with Crippen molar-refractivity contribution >= 4 is 22.9 Å². The summed E-state index contributed by atoms with van der Waals surface area (Å²) in [6.07, 6.45) is 3.79. The lowest BCUT2D eigenvalue weighted by Gasteiger charge is -2.07. The Kier molecular flexibility index (Phi) is 2.22. The summed E-state index contributed by atoms with van der Waals surface area (Å²) >= 11 is 5.96. The van der Waals surface area contributed by atoms with E-state index in [1.807, 2.05) is 4.40 Å². The number of hydrogen-bond donors (Lipinski definition) is 1. The molecule has 3 heterocycles. The molecule has 1 aliphatic rings. The van der Waals surface area contributed by atoms with Gasteiger partial charge in [-0.25, -0.2) is 0 Å². The van der Waals surface area contributed by atoms with Gasteiger partial charge in [-0.2, -0.15) is 0 Å². The van der Waals surface area contributed by atoms with Gasteiger partial charge in [-0.1, -0.05) is 11.6 Å². The van der Waals surface area contributed by atoms with E-state index in [9.17, 15) is 0 Å². The van der Waals surface area contributed by atoms with Gasteiger partial charge in [0.05, 0.1) is 10.7 Å². The second-order valence-corrected chi connectivity index (χ2v) is 4.30. The largest absolute Gasteiger partial charge is 0.396 e. The fourth-order valence-corrected chi connectivity index (χ4v) is 2.22. The Morgan fingerprint density at radius 2 is 2.38 bits per heavy atom. The second kappa shape index (κ2) is 3.61. The first-order valence-corrected chi connectivity index (χ1v) is 5.55. The van der Waals surface area contributed by atoms with Crippen LogP contribution in [0.25, 0.3) is 5.65 Å². The Morgan fingerprint density at radius 1 is 1.50 bits per heavy atom. The lowest BCUT2D eigenvalue weighted by atomic mass is 10.2. The maximum Gasteiger partial charge on any atom is 0.184 e. The summed E-state index contributed by atoms with van der Waals surface area (Å²) in [5.74, 6) is 0.779. The molecule has 3 rings (SSSR count). The summed E-state index contributed by atoms with van der Waals surface area (Å²) in [6, 6.07) is 1.67. The summed E-state index contributed by atoms with van der Waals surface area (Å²) in [5, 5.41) is 8.75. The fourth-order valence-electron chi connectivity index (χ4n) is 2.00. The number of pyridine rings is 1. The number of fused-ring (bicyclic) bond motifs is 1. The quantitative estimate of drug-likeness (QED) is 0.823. The third-order valence-corrected chi connectivity index (χ3v) is 2.95. The molecule has 0 saturated carbocycles. The van der Waals surface area contributed by atoms with Gasteiger partial charge in [0.25, 0.3) is 0 Å². The van der Waals surface area contributed by atoms with Crippen LogP contribution in [0.15, 0.2) is 12.3 Å². The smallest absolute Gasteiger partial charge is 0.184 e. The molecule has 2 aromatic rings. The number of hydrogen-bond acceptors (Lipinski definition) is 4. The first-order valence-electron chi connectivity index (χ1n) is 5.17. The van der Waals surface area contributed by atoms with Crippen molar-refractivity contribution in [3.63, 3.8) is 0 Å². The van der Waals surface area contributed by atoms with Crippen molar-refractivity contribution < 1.29 is 4.74 Å². The molecule has 0 spiro atoms. The first-order chi connectivity index (χ1) is 7.75. The van der Waals surface area contributed by atoms with Gasteiger partial charge < -0.3 is 10.5 Å². The highest BCUT2D eigenvalue weighted by atomic mass is 35.5. The van der Waals surface area contributed by atoms with Crippen LogP contribution in [0.1, 0.15) is 24.8 Å². The molecular formula is C10H11ClN4O. The number of nitrogen functional groups attached to an aromatic ring is 1. The van der Waals surface area contributed by atoms with Gasteiger partial charge in [0, 0.05) is 12.8 Å². The topological polar surface area (TPSA) is 65.4 Å². The van der Waals surface area contributed by atoms with Crippen LogP contribution in [-0.2, 0) is 4.74 Å². The van der Waals surface area contributed by atoms with Crippen molar-refractivity contribution in [2.45, 2.75) is 18.9 Å². The summed E-state index contributed by atoms with van der Waals surface area (Å²) in [5.41, 5.74) is 6.99. The van der Waals surface area contributed by atoms with Crippen LogP contribution in [0.4, 0.5) is 5.69 Å². The average molecular weight is 239 g/mol. The maximum atomic E-state index is 5.96. The Bertz CT molecular complexity index is 533. The number of halogens is 1. The van der Waals surface area contributed by atoms with Crippen molar-refractivity contribution in [3.05, 3.63) is 23.1 Å². The summed E-state index contributed by atoms with van der Waals surface area (Å²) < 4.78 is 7.39. The van der Waals surface area contributed by atoms with Crippen LogP contribution in [0.2, 0.25) is 5.02 Å². The molecule has 84 valence electrons. The molecule has 1 unspecified atom stereocenters. The number of aromatic nitrogens is 3. The predicted octanol–water partition coefficient (Wildman–Crippen LogP) is 1.82.